The maximum atomic E-state index is 12.8. The van der Waals surface area contributed by atoms with Gasteiger partial charge < -0.3 is 27.9 Å². The molecule has 0 radical (unpaired) electrons. The lowest BCUT2D eigenvalue weighted by molar-refractivity contribution is -0.870. The Balaban J connectivity index is 3.87. The fraction of sp³-hybridized carbons (Fsp3) is 0.881. The van der Waals surface area contributed by atoms with Crippen molar-refractivity contribution in [3.63, 3.8) is 0 Å². The summed E-state index contributed by atoms with van der Waals surface area (Å²) < 4.78 is 34.2. The van der Waals surface area contributed by atoms with Gasteiger partial charge in [-0.05, 0) is 70.6 Å². The Morgan fingerprint density at radius 1 is 0.403 bits per heavy atom. The SMILES string of the molecule is CCCCCCC/C=C\C/C=C\CCCCCCCCCCCCCCCCCCCCCCCCCCCCCC(=O)OC(COC(=O)CCCCCCC/C=C\CCCCCCC)COP(=O)([O-])OCC[N+](C)(C)C. The third-order valence-corrected chi connectivity index (χ3v) is 15.8. The molecule has 0 aliphatic heterocycles. The molecule has 0 rings (SSSR count). The normalized spacial score (nSPS) is 13.4. The number of likely N-dealkylation sites (N-methyl/N-ethyl adjacent to an activating group) is 1. The van der Waals surface area contributed by atoms with E-state index >= 15 is 0 Å². The highest BCUT2D eigenvalue weighted by atomic mass is 31.2. The minimum absolute atomic E-state index is 0.0296. The van der Waals surface area contributed by atoms with Crippen LogP contribution in [0.15, 0.2) is 36.5 Å². The summed E-state index contributed by atoms with van der Waals surface area (Å²) in [5.41, 5.74) is 0. The third-order valence-electron chi connectivity index (χ3n) is 14.9. The second-order valence-electron chi connectivity index (χ2n) is 23.8. The number of carbonyl (C=O) groups is 2. The smallest absolute Gasteiger partial charge is 0.306 e. The number of quaternary nitrogens is 1. The molecule has 0 aromatic heterocycles. The van der Waals surface area contributed by atoms with E-state index in [0.717, 1.165) is 57.8 Å². The molecule has 0 fully saturated rings. The molecule has 2 unspecified atom stereocenters. The summed E-state index contributed by atoms with van der Waals surface area (Å²) in [6.45, 7) is 4.25. The predicted octanol–water partition coefficient (Wildman–Crippen LogP) is 20.5. The van der Waals surface area contributed by atoms with Crippen molar-refractivity contribution in [1.29, 1.82) is 0 Å². The standard InChI is InChI=1S/C67H128NO8P/c1-6-8-10-12-14-16-18-20-22-23-24-25-26-27-28-29-30-31-32-33-34-35-36-37-38-39-40-41-42-43-44-45-46-48-50-52-54-56-58-60-67(70)76-65(64-75-77(71,72)74-62-61-68(3,4)5)63-73-66(69)59-57-55-53-51-49-47-21-19-17-15-13-11-9-7-2/h18-21,23-24,65H,6-17,22,25-64H2,1-5H3/b20-18-,21-19-,24-23-. The van der Waals surface area contributed by atoms with E-state index < -0.39 is 26.5 Å². The Hall–Kier alpha value is -1.77. The lowest BCUT2D eigenvalue weighted by atomic mass is 10.0. The number of carbonyl (C=O) groups excluding carboxylic acids is 2. The fourth-order valence-corrected chi connectivity index (χ4v) is 10.5. The molecule has 0 amide bonds. The second-order valence-corrected chi connectivity index (χ2v) is 25.2. The second kappa shape index (κ2) is 58.9. The first-order chi connectivity index (χ1) is 37.5. The molecule has 0 aliphatic rings. The molecule has 0 heterocycles. The van der Waals surface area contributed by atoms with Crippen molar-refractivity contribution in [2.24, 2.45) is 0 Å². The van der Waals surface area contributed by atoms with Crippen LogP contribution in [0.25, 0.3) is 0 Å². The molecule has 2 atom stereocenters. The highest BCUT2D eigenvalue weighted by Gasteiger charge is 2.22. The number of allylic oxidation sites excluding steroid dienone is 6. The van der Waals surface area contributed by atoms with E-state index in [9.17, 15) is 19.0 Å². The van der Waals surface area contributed by atoms with Crippen molar-refractivity contribution in [3.8, 4) is 0 Å². The average Bonchev–Trinajstić information content (AvgIpc) is 3.39. The summed E-state index contributed by atoms with van der Waals surface area (Å²) in [4.78, 5) is 37.8. The predicted molar refractivity (Wildman–Crippen MR) is 328 cm³/mol. The molecule has 0 spiro atoms. The molecule has 0 bridgehead atoms. The van der Waals surface area contributed by atoms with Crippen LogP contribution in [0, 0.1) is 0 Å². The lowest BCUT2D eigenvalue weighted by Gasteiger charge is -2.28. The first-order valence-corrected chi connectivity index (χ1v) is 34.7. The number of phosphoric ester groups is 1. The highest BCUT2D eigenvalue weighted by Crippen LogP contribution is 2.38. The molecule has 0 saturated carbocycles. The van der Waals surface area contributed by atoms with E-state index in [1.165, 1.54) is 238 Å². The van der Waals surface area contributed by atoms with Crippen LogP contribution in [-0.4, -0.2) is 70.0 Å². The van der Waals surface area contributed by atoms with Crippen molar-refractivity contribution in [1.82, 2.24) is 0 Å². The Bertz CT molecular complexity index is 1390. The molecule has 454 valence electrons. The van der Waals surface area contributed by atoms with E-state index in [-0.39, 0.29) is 32.0 Å². The van der Waals surface area contributed by atoms with Gasteiger partial charge in [0.25, 0.3) is 7.82 Å². The largest absolute Gasteiger partial charge is 0.756 e. The van der Waals surface area contributed by atoms with Gasteiger partial charge in [0.15, 0.2) is 6.10 Å². The molecule has 10 heteroatoms. The zero-order valence-corrected chi connectivity index (χ0v) is 52.6. The van der Waals surface area contributed by atoms with Crippen LogP contribution in [0.2, 0.25) is 0 Å². The number of phosphoric acid groups is 1. The number of ether oxygens (including phenoxy) is 2. The number of esters is 2. The van der Waals surface area contributed by atoms with Crippen LogP contribution in [-0.2, 0) is 32.7 Å². The van der Waals surface area contributed by atoms with E-state index in [1.807, 2.05) is 21.1 Å². The summed E-state index contributed by atoms with van der Waals surface area (Å²) in [6.07, 6.45) is 73.9. The number of hydrogen-bond donors (Lipinski definition) is 0. The number of nitrogens with zero attached hydrogens (tertiary/aromatic N) is 1. The van der Waals surface area contributed by atoms with Gasteiger partial charge in [0.05, 0.1) is 27.7 Å². The van der Waals surface area contributed by atoms with E-state index in [2.05, 4.69) is 50.3 Å². The Morgan fingerprint density at radius 2 is 0.701 bits per heavy atom. The summed E-state index contributed by atoms with van der Waals surface area (Å²) in [5, 5.41) is 0. The van der Waals surface area contributed by atoms with Gasteiger partial charge in [-0.25, -0.2) is 0 Å². The van der Waals surface area contributed by atoms with E-state index in [4.69, 9.17) is 18.5 Å². The van der Waals surface area contributed by atoms with Crippen molar-refractivity contribution >= 4 is 19.8 Å². The zero-order valence-electron chi connectivity index (χ0n) is 51.7. The molecule has 0 saturated heterocycles. The van der Waals surface area contributed by atoms with Gasteiger partial charge in [0.2, 0.25) is 0 Å². The minimum atomic E-state index is -4.63. The maximum absolute atomic E-state index is 12.8. The third kappa shape index (κ3) is 63.3. The molecule has 0 aromatic rings. The van der Waals surface area contributed by atoms with Crippen molar-refractivity contribution in [3.05, 3.63) is 36.5 Å². The van der Waals surface area contributed by atoms with E-state index in [1.54, 1.807) is 0 Å². The maximum Gasteiger partial charge on any atom is 0.306 e. The molecular formula is C67H128NO8P. The topological polar surface area (TPSA) is 111 Å². The fourth-order valence-electron chi connectivity index (χ4n) is 9.74. The Labute approximate surface area is 478 Å². The van der Waals surface area contributed by atoms with Crippen LogP contribution in [0.1, 0.15) is 328 Å². The van der Waals surface area contributed by atoms with Crippen LogP contribution < -0.4 is 4.89 Å². The lowest BCUT2D eigenvalue weighted by Crippen LogP contribution is -2.37. The molecular weight excluding hydrogens is 978 g/mol. The summed E-state index contributed by atoms with van der Waals surface area (Å²) >= 11 is 0. The van der Waals surface area contributed by atoms with Crippen molar-refractivity contribution < 1.29 is 42.1 Å². The highest BCUT2D eigenvalue weighted by molar-refractivity contribution is 7.45. The quantitative estimate of drug-likeness (QED) is 0.0195. The van der Waals surface area contributed by atoms with Crippen LogP contribution in [0.3, 0.4) is 0 Å². The molecule has 77 heavy (non-hydrogen) atoms. The zero-order chi connectivity index (χ0) is 56.3. The van der Waals surface area contributed by atoms with Gasteiger partial charge in [0, 0.05) is 12.8 Å². The summed E-state index contributed by atoms with van der Waals surface area (Å²) in [6, 6.07) is 0. The monoisotopic (exact) mass is 1110 g/mol. The van der Waals surface area contributed by atoms with Gasteiger partial charge in [-0.2, -0.15) is 0 Å². The first kappa shape index (κ1) is 75.2. The number of rotatable bonds is 62. The van der Waals surface area contributed by atoms with Gasteiger partial charge >= 0.3 is 11.9 Å². The van der Waals surface area contributed by atoms with Gasteiger partial charge in [0.1, 0.15) is 19.8 Å². The molecule has 0 N–H and O–H groups in total. The Morgan fingerprint density at radius 3 is 1.04 bits per heavy atom. The number of unbranched alkanes of at least 4 members (excludes halogenated alkanes) is 42. The average molecular weight is 1110 g/mol. The Kier molecular flexibility index (Phi) is 57.5. The minimum Gasteiger partial charge on any atom is -0.756 e. The van der Waals surface area contributed by atoms with Crippen molar-refractivity contribution in [2.45, 2.75) is 335 Å². The first-order valence-electron chi connectivity index (χ1n) is 33.2. The van der Waals surface area contributed by atoms with Crippen LogP contribution in [0.5, 0.6) is 0 Å². The van der Waals surface area contributed by atoms with Crippen LogP contribution >= 0.6 is 7.82 Å². The number of hydrogen-bond acceptors (Lipinski definition) is 8. The summed E-state index contributed by atoms with van der Waals surface area (Å²) in [5.74, 6) is -0.828. The van der Waals surface area contributed by atoms with Gasteiger partial charge in [-0.15, -0.1) is 0 Å². The van der Waals surface area contributed by atoms with Gasteiger partial charge in [-0.3, -0.25) is 14.2 Å². The van der Waals surface area contributed by atoms with Gasteiger partial charge in [-0.1, -0.05) is 281 Å². The molecule has 9 nitrogen and oxygen atoms in total. The van der Waals surface area contributed by atoms with Crippen LogP contribution in [0.4, 0.5) is 0 Å². The molecule has 0 aromatic carbocycles. The summed E-state index contributed by atoms with van der Waals surface area (Å²) in [7, 11) is 1.18. The molecule has 0 aliphatic carbocycles. The van der Waals surface area contributed by atoms with E-state index in [0.29, 0.717) is 17.4 Å². The van der Waals surface area contributed by atoms with Crippen molar-refractivity contribution in [2.75, 3.05) is 47.5 Å².